The highest BCUT2D eigenvalue weighted by Crippen LogP contribution is 2.27. The van der Waals surface area contributed by atoms with Crippen LogP contribution in [-0.2, 0) is 27.2 Å². The molecule has 0 aromatic heterocycles. The number of rotatable bonds is 6. The highest BCUT2D eigenvalue weighted by molar-refractivity contribution is 5.96. The van der Waals surface area contributed by atoms with Gasteiger partial charge in [-0.15, -0.1) is 0 Å². The largest absolute Gasteiger partial charge is 0.312 e. The number of nitrogens with one attached hydrogen (secondary N) is 2. The number of nitrogens with zero attached hydrogens (tertiary/aromatic N) is 1. The molecule has 3 rings (SSSR count). The topological polar surface area (TPSA) is 78.5 Å². The van der Waals surface area contributed by atoms with Crippen molar-refractivity contribution in [3.05, 3.63) is 65.7 Å². The van der Waals surface area contributed by atoms with Crippen LogP contribution in [0.15, 0.2) is 54.6 Å². The number of benzene rings is 2. The molecular weight excluding hydrogens is 354 g/mol. The third kappa shape index (κ3) is 5.42. The standard InChI is InChI=1S/C22H25N3O3/c26-20(13-12-17-7-2-1-3-8-17)23-24-21(27)14-15-22(28)25-16-6-10-18-9-4-5-11-19(18)25/h1-5,7-9,11H,6,10,12-16H2,(H,23,26)(H,24,27). The molecule has 2 aromatic carbocycles. The predicted octanol–water partition coefficient (Wildman–Crippen LogP) is 2.53. The fourth-order valence-corrected chi connectivity index (χ4v) is 3.32. The van der Waals surface area contributed by atoms with E-state index in [9.17, 15) is 14.4 Å². The SMILES string of the molecule is O=C(CCC(=O)N1CCCc2ccccc21)NNC(=O)CCc1ccccc1. The average Bonchev–Trinajstić information content (AvgIpc) is 2.74. The first-order valence-electron chi connectivity index (χ1n) is 9.63. The number of fused-ring (bicyclic) bond motifs is 1. The highest BCUT2D eigenvalue weighted by atomic mass is 16.2. The molecule has 0 fully saturated rings. The fourth-order valence-electron chi connectivity index (χ4n) is 3.32. The van der Waals surface area contributed by atoms with Gasteiger partial charge in [-0.05, 0) is 36.5 Å². The van der Waals surface area contributed by atoms with Crippen molar-refractivity contribution in [2.75, 3.05) is 11.4 Å². The summed E-state index contributed by atoms with van der Waals surface area (Å²) in [4.78, 5) is 38.1. The van der Waals surface area contributed by atoms with Gasteiger partial charge in [0.1, 0.15) is 0 Å². The molecule has 3 amide bonds. The van der Waals surface area contributed by atoms with Gasteiger partial charge in [-0.3, -0.25) is 25.2 Å². The van der Waals surface area contributed by atoms with E-state index in [1.54, 1.807) is 4.90 Å². The lowest BCUT2D eigenvalue weighted by atomic mass is 10.0. The van der Waals surface area contributed by atoms with Gasteiger partial charge in [0.15, 0.2) is 0 Å². The fraction of sp³-hybridized carbons (Fsp3) is 0.318. The maximum atomic E-state index is 12.5. The summed E-state index contributed by atoms with van der Waals surface area (Å²) in [6.07, 6.45) is 2.93. The molecule has 0 unspecified atom stereocenters. The Balaban J connectivity index is 1.38. The van der Waals surface area contributed by atoms with Gasteiger partial charge in [-0.2, -0.15) is 0 Å². The second kappa shape index (κ2) is 9.69. The van der Waals surface area contributed by atoms with Crippen LogP contribution in [0.4, 0.5) is 5.69 Å². The Hall–Kier alpha value is -3.15. The van der Waals surface area contributed by atoms with E-state index in [0.717, 1.165) is 29.7 Å². The van der Waals surface area contributed by atoms with E-state index in [0.29, 0.717) is 13.0 Å². The molecule has 0 radical (unpaired) electrons. The van der Waals surface area contributed by atoms with Crippen molar-refractivity contribution in [2.24, 2.45) is 0 Å². The Morgan fingerprint density at radius 2 is 1.50 bits per heavy atom. The summed E-state index contributed by atoms with van der Waals surface area (Å²) in [6, 6.07) is 17.5. The van der Waals surface area contributed by atoms with Crippen molar-refractivity contribution in [3.63, 3.8) is 0 Å². The second-order valence-corrected chi connectivity index (χ2v) is 6.86. The molecule has 0 saturated carbocycles. The van der Waals surface area contributed by atoms with Crippen LogP contribution < -0.4 is 15.8 Å². The lowest BCUT2D eigenvalue weighted by Gasteiger charge is -2.29. The average molecular weight is 379 g/mol. The van der Waals surface area contributed by atoms with Crippen LogP contribution in [0.2, 0.25) is 0 Å². The summed E-state index contributed by atoms with van der Waals surface area (Å²) < 4.78 is 0. The van der Waals surface area contributed by atoms with E-state index >= 15 is 0 Å². The number of amides is 3. The van der Waals surface area contributed by atoms with E-state index in [-0.39, 0.29) is 37.0 Å². The first kappa shape index (κ1) is 19.6. The molecule has 28 heavy (non-hydrogen) atoms. The van der Waals surface area contributed by atoms with Crippen LogP contribution in [0.25, 0.3) is 0 Å². The number of carbonyl (C=O) groups is 3. The maximum Gasteiger partial charge on any atom is 0.238 e. The molecular formula is C22H25N3O3. The highest BCUT2D eigenvalue weighted by Gasteiger charge is 2.22. The lowest BCUT2D eigenvalue weighted by Crippen LogP contribution is -2.42. The number of carbonyl (C=O) groups excluding carboxylic acids is 3. The van der Waals surface area contributed by atoms with Crippen LogP contribution in [-0.4, -0.2) is 24.3 Å². The van der Waals surface area contributed by atoms with Crippen molar-refractivity contribution in [1.29, 1.82) is 0 Å². The van der Waals surface area contributed by atoms with E-state index in [4.69, 9.17) is 0 Å². The smallest absolute Gasteiger partial charge is 0.238 e. The third-order valence-corrected chi connectivity index (χ3v) is 4.80. The minimum Gasteiger partial charge on any atom is -0.312 e. The van der Waals surface area contributed by atoms with Crippen molar-refractivity contribution < 1.29 is 14.4 Å². The summed E-state index contributed by atoms with van der Waals surface area (Å²) >= 11 is 0. The summed E-state index contributed by atoms with van der Waals surface area (Å²) in [5, 5.41) is 0. The van der Waals surface area contributed by atoms with Crippen LogP contribution >= 0.6 is 0 Å². The summed E-state index contributed by atoms with van der Waals surface area (Å²) in [6.45, 7) is 0.674. The molecule has 1 aliphatic rings. The molecule has 0 saturated heterocycles. The van der Waals surface area contributed by atoms with Crippen molar-refractivity contribution in [1.82, 2.24) is 10.9 Å². The first-order chi connectivity index (χ1) is 13.6. The Bertz CT molecular complexity index is 836. The van der Waals surface area contributed by atoms with Gasteiger partial charge in [0.05, 0.1) is 0 Å². The summed E-state index contributed by atoms with van der Waals surface area (Å²) in [7, 11) is 0. The zero-order chi connectivity index (χ0) is 19.8. The minimum absolute atomic E-state index is 0.0382. The Morgan fingerprint density at radius 3 is 2.29 bits per heavy atom. The summed E-state index contributed by atoms with van der Waals surface area (Å²) in [5.41, 5.74) is 7.96. The molecule has 6 heteroatoms. The molecule has 2 aromatic rings. The molecule has 0 aliphatic carbocycles. The first-order valence-corrected chi connectivity index (χ1v) is 9.63. The van der Waals surface area contributed by atoms with Crippen molar-refractivity contribution in [3.8, 4) is 0 Å². The van der Waals surface area contributed by atoms with Gasteiger partial charge >= 0.3 is 0 Å². The van der Waals surface area contributed by atoms with E-state index in [1.165, 1.54) is 0 Å². The normalized spacial score (nSPS) is 12.8. The number of hydrogen-bond acceptors (Lipinski definition) is 3. The van der Waals surface area contributed by atoms with Crippen LogP contribution in [0.5, 0.6) is 0 Å². The molecule has 1 heterocycles. The number of aryl methyl sites for hydroxylation is 2. The van der Waals surface area contributed by atoms with Crippen molar-refractivity contribution >= 4 is 23.4 Å². The number of para-hydroxylation sites is 1. The second-order valence-electron chi connectivity index (χ2n) is 6.86. The Kier molecular flexibility index (Phi) is 6.78. The Morgan fingerprint density at radius 1 is 0.821 bits per heavy atom. The van der Waals surface area contributed by atoms with Crippen molar-refractivity contribution in [2.45, 2.75) is 38.5 Å². The van der Waals surface area contributed by atoms with E-state index in [1.807, 2.05) is 54.6 Å². The number of hydrogen-bond donors (Lipinski definition) is 2. The van der Waals surface area contributed by atoms with Gasteiger partial charge in [0.2, 0.25) is 17.7 Å². The third-order valence-electron chi connectivity index (χ3n) is 4.80. The van der Waals surface area contributed by atoms with Crippen LogP contribution in [0.1, 0.15) is 36.8 Å². The maximum absolute atomic E-state index is 12.5. The number of anilines is 1. The molecule has 0 spiro atoms. The van der Waals surface area contributed by atoms with Gasteiger partial charge in [0.25, 0.3) is 0 Å². The Labute approximate surface area is 164 Å². The van der Waals surface area contributed by atoms with Crippen LogP contribution in [0.3, 0.4) is 0 Å². The van der Waals surface area contributed by atoms with Crippen LogP contribution in [0, 0.1) is 0 Å². The molecule has 146 valence electrons. The molecule has 6 nitrogen and oxygen atoms in total. The van der Waals surface area contributed by atoms with Gasteiger partial charge in [0, 0.05) is 31.5 Å². The lowest BCUT2D eigenvalue weighted by molar-refractivity contribution is -0.129. The van der Waals surface area contributed by atoms with E-state index < -0.39 is 0 Å². The monoisotopic (exact) mass is 379 g/mol. The molecule has 2 N–H and O–H groups in total. The predicted molar refractivity (Wildman–Crippen MR) is 107 cm³/mol. The molecule has 0 atom stereocenters. The van der Waals surface area contributed by atoms with Gasteiger partial charge in [-0.1, -0.05) is 48.5 Å². The molecule has 1 aliphatic heterocycles. The number of hydrazine groups is 1. The van der Waals surface area contributed by atoms with E-state index in [2.05, 4.69) is 10.9 Å². The quantitative estimate of drug-likeness (QED) is 0.757. The zero-order valence-corrected chi connectivity index (χ0v) is 15.8. The van der Waals surface area contributed by atoms with Gasteiger partial charge < -0.3 is 4.90 Å². The molecule has 0 bridgehead atoms. The summed E-state index contributed by atoms with van der Waals surface area (Å²) in [5.74, 6) is -0.696. The minimum atomic E-state index is -0.369. The van der Waals surface area contributed by atoms with Gasteiger partial charge in [-0.25, -0.2) is 0 Å². The zero-order valence-electron chi connectivity index (χ0n) is 15.8.